The second-order valence-corrected chi connectivity index (χ2v) is 8.35. The molecule has 1 aliphatic carbocycles. The molecule has 0 saturated heterocycles. The van der Waals surface area contributed by atoms with Crippen molar-refractivity contribution in [3.8, 4) is 6.07 Å². The Bertz CT molecular complexity index is 851. The van der Waals surface area contributed by atoms with Crippen LogP contribution in [0.2, 0.25) is 0 Å². The lowest BCUT2D eigenvalue weighted by molar-refractivity contribution is -0.140. The van der Waals surface area contributed by atoms with Gasteiger partial charge in [-0.2, -0.15) is 18.4 Å². The minimum Gasteiger partial charge on any atom is -0.352 e. The van der Waals surface area contributed by atoms with Gasteiger partial charge in [-0.3, -0.25) is 9.69 Å². The van der Waals surface area contributed by atoms with Crippen molar-refractivity contribution in [3.63, 3.8) is 0 Å². The molecular formula is C23H27F4N3O. The predicted molar refractivity (Wildman–Crippen MR) is 109 cm³/mol. The third-order valence-electron chi connectivity index (χ3n) is 6.25. The number of nitrogens with zero attached hydrogens (tertiary/aromatic N) is 2. The van der Waals surface area contributed by atoms with Crippen LogP contribution in [0.5, 0.6) is 0 Å². The van der Waals surface area contributed by atoms with Crippen LogP contribution < -0.4 is 5.32 Å². The number of hydrogen-bond acceptors (Lipinski definition) is 3. The third-order valence-corrected chi connectivity index (χ3v) is 6.25. The number of rotatable bonds is 6. The van der Waals surface area contributed by atoms with Crippen molar-refractivity contribution in [2.75, 3.05) is 19.6 Å². The van der Waals surface area contributed by atoms with E-state index >= 15 is 0 Å². The standard InChI is InChI=1S/C23H27F4N3O/c24-22-19(2-1-3-20(22)23(25,26)27)17-10-14-30(15-11-17)13-9-16-4-6-18(7-5-16)29-21(31)8-12-28/h1-3,10,16,18H,4-9,11,13-15H2,(H,29,31). The molecule has 3 rings (SSSR count). The number of carbonyl (C=O) groups is 1. The minimum atomic E-state index is -4.70. The summed E-state index contributed by atoms with van der Waals surface area (Å²) in [6, 6.07) is 5.46. The number of benzene rings is 1. The second kappa shape index (κ2) is 10.3. The highest BCUT2D eigenvalue weighted by atomic mass is 19.4. The number of hydrogen-bond donors (Lipinski definition) is 1. The summed E-state index contributed by atoms with van der Waals surface area (Å²) in [5, 5.41) is 11.5. The van der Waals surface area contributed by atoms with Gasteiger partial charge in [0.2, 0.25) is 5.91 Å². The first-order chi connectivity index (χ1) is 14.8. The highest BCUT2D eigenvalue weighted by Crippen LogP contribution is 2.35. The van der Waals surface area contributed by atoms with Crippen LogP contribution in [0.25, 0.3) is 5.57 Å². The van der Waals surface area contributed by atoms with Gasteiger partial charge >= 0.3 is 6.18 Å². The summed E-state index contributed by atoms with van der Waals surface area (Å²) in [6.07, 6.45) is 2.48. The molecule has 2 aliphatic rings. The fraction of sp³-hybridized carbons (Fsp3) is 0.565. The SMILES string of the molecule is N#CCC(=O)NC1CCC(CCN2CC=C(c3cccc(C(F)(F)F)c3F)CC2)CC1. The van der Waals surface area contributed by atoms with E-state index in [1.165, 1.54) is 12.1 Å². The number of nitriles is 1. The van der Waals surface area contributed by atoms with Gasteiger partial charge in [0.15, 0.2) is 0 Å². The Labute approximate surface area is 179 Å². The maximum absolute atomic E-state index is 14.4. The molecule has 31 heavy (non-hydrogen) atoms. The molecule has 1 aliphatic heterocycles. The number of carbonyl (C=O) groups excluding carboxylic acids is 1. The quantitative estimate of drug-likeness (QED) is 0.644. The van der Waals surface area contributed by atoms with Gasteiger partial charge < -0.3 is 5.32 Å². The predicted octanol–water partition coefficient (Wildman–Crippen LogP) is 4.91. The highest BCUT2D eigenvalue weighted by molar-refractivity contribution is 5.78. The van der Waals surface area contributed by atoms with Crippen LogP contribution in [0.3, 0.4) is 0 Å². The van der Waals surface area contributed by atoms with Gasteiger partial charge in [0, 0.05) is 24.7 Å². The summed E-state index contributed by atoms with van der Waals surface area (Å²) >= 11 is 0. The zero-order chi connectivity index (χ0) is 22.4. The molecule has 1 heterocycles. The highest BCUT2D eigenvalue weighted by Gasteiger charge is 2.35. The lowest BCUT2D eigenvalue weighted by Crippen LogP contribution is -2.38. The van der Waals surface area contributed by atoms with Crippen LogP contribution in [-0.4, -0.2) is 36.5 Å². The van der Waals surface area contributed by atoms with Gasteiger partial charge in [-0.05, 0) is 62.6 Å². The molecule has 1 amide bonds. The van der Waals surface area contributed by atoms with Gasteiger partial charge in [0.1, 0.15) is 12.2 Å². The van der Waals surface area contributed by atoms with Crippen molar-refractivity contribution >= 4 is 11.5 Å². The summed E-state index contributed by atoms with van der Waals surface area (Å²) in [6.45, 7) is 2.19. The maximum Gasteiger partial charge on any atom is 0.419 e. The molecule has 0 bridgehead atoms. The number of halogens is 4. The second-order valence-electron chi connectivity index (χ2n) is 8.35. The largest absolute Gasteiger partial charge is 0.419 e. The molecule has 1 aromatic rings. The monoisotopic (exact) mass is 437 g/mol. The molecule has 168 valence electrons. The minimum absolute atomic E-state index is 0.0474. The first-order valence-electron chi connectivity index (χ1n) is 10.7. The van der Waals surface area contributed by atoms with Crippen LogP contribution in [-0.2, 0) is 11.0 Å². The van der Waals surface area contributed by atoms with Crippen molar-refractivity contribution in [2.24, 2.45) is 5.92 Å². The molecular weight excluding hydrogens is 410 g/mol. The summed E-state index contributed by atoms with van der Waals surface area (Å²) in [7, 11) is 0. The van der Waals surface area contributed by atoms with Crippen molar-refractivity contribution in [1.29, 1.82) is 5.26 Å². The van der Waals surface area contributed by atoms with E-state index in [-0.39, 0.29) is 23.9 Å². The van der Waals surface area contributed by atoms with Crippen LogP contribution in [0.4, 0.5) is 17.6 Å². The van der Waals surface area contributed by atoms with E-state index in [1.54, 1.807) is 0 Å². The van der Waals surface area contributed by atoms with Gasteiger partial charge in [-0.1, -0.05) is 18.2 Å². The van der Waals surface area contributed by atoms with Gasteiger partial charge in [0.25, 0.3) is 0 Å². The van der Waals surface area contributed by atoms with E-state index in [0.717, 1.165) is 44.7 Å². The Hall–Kier alpha value is -2.40. The van der Waals surface area contributed by atoms with Crippen molar-refractivity contribution < 1.29 is 22.4 Å². The lowest BCUT2D eigenvalue weighted by Gasteiger charge is -2.32. The molecule has 0 atom stereocenters. The van der Waals surface area contributed by atoms with Gasteiger partial charge in [-0.25, -0.2) is 4.39 Å². The van der Waals surface area contributed by atoms with Gasteiger partial charge in [0.05, 0.1) is 11.6 Å². The summed E-state index contributed by atoms with van der Waals surface area (Å²) in [5.41, 5.74) is -0.535. The molecule has 1 fully saturated rings. The summed E-state index contributed by atoms with van der Waals surface area (Å²) in [4.78, 5) is 13.8. The topological polar surface area (TPSA) is 56.1 Å². The molecule has 0 aromatic heterocycles. The molecule has 0 radical (unpaired) electrons. The molecule has 1 aromatic carbocycles. The maximum atomic E-state index is 14.4. The Kier molecular flexibility index (Phi) is 7.71. The van der Waals surface area contributed by atoms with E-state index in [9.17, 15) is 22.4 Å². The first kappa shape index (κ1) is 23.3. The average Bonchev–Trinajstić information content (AvgIpc) is 2.73. The molecule has 8 heteroatoms. The fourth-order valence-electron chi connectivity index (χ4n) is 4.47. The fourth-order valence-corrected chi connectivity index (χ4v) is 4.47. The Morgan fingerprint density at radius 3 is 2.58 bits per heavy atom. The van der Waals surface area contributed by atoms with E-state index in [4.69, 9.17) is 5.26 Å². The molecule has 0 unspecified atom stereocenters. The van der Waals surface area contributed by atoms with E-state index in [0.29, 0.717) is 31.0 Å². The Morgan fingerprint density at radius 1 is 1.23 bits per heavy atom. The first-order valence-corrected chi connectivity index (χ1v) is 10.7. The number of amides is 1. The van der Waals surface area contributed by atoms with E-state index < -0.39 is 17.6 Å². The Balaban J connectivity index is 1.46. The van der Waals surface area contributed by atoms with Crippen LogP contribution in [0.1, 0.15) is 56.1 Å². The molecule has 4 nitrogen and oxygen atoms in total. The average molecular weight is 437 g/mol. The Morgan fingerprint density at radius 2 is 1.97 bits per heavy atom. The molecule has 0 spiro atoms. The normalized spacial score (nSPS) is 22.5. The van der Waals surface area contributed by atoms with E-state index in [1.807, 2.05) is 12.1 Å². The summed E-state index contributed by atoms with van der Waals surface area (Å²) in [5.74, 6) is -0.817. The van der Waals surface area contributed by atoms with Crippen LogP contribution in [0.15, 0.2) is 24.3 Å². The van der Waals surface area contributed by atoms with E-state index in [2.05, 4.69) is 10.2 Å². The number of nitrogens with one attached hydrogen (secondary N) is 1. The third kappa shape index (κ3) is 6.30. The zero-order valence-corrected chi connectivity index (χ0v) is 17.3. The van der Waals surface area contributed by atoms with Crippen molar-refractivity contribution in [2.45, 2.75) is 57.2 Å². The lowest BCUT2D eigenvalue weighted by atomic mass is 9.84. The molecule has 1 N–H and O–H groups in total. The zero-order valence-electron chi connectivity index (χ0n) is 17.3. The van der Waals surface area contributed by atoms with Crippen molar-refractivity contribution in [3.05, 3.63) is 41.2 Å². The smallest absolute Gasteiger partial charge is 0.352 e. The van der Waals surface area contributed by atoms with Crippen molar-refractivity contribution in [1.82, 2.24) is 10.2 Å². The molecule has 1 saturated carbocycles. The van der Waals surface area contributed by atoms with Crippen LogP contribution in [0, 0.1) is 23.1 Å². The number of alkyl halides is 3. The van der Waals surface area contributed by atoms with Crippen LogP contribution >= 0.6 is 0 Å². The summed E-state index contributed by atoms with van der Waals surface area (Å²) < 4.78 is 53.2. The van der Waals surface area contributed by atoms with Gasteiger partial charge in [-0.15, -0.1) is 0 Å².